The molecule has 0 aliphatic carbocycles. The third-order valence-corrected chi connectivity index (χ3v) is 4.42. The summed E-state index contributed by atoms with van der Waals surface area (Å²) in [6, 6.07) is 14.9. The average Bonchev–Trinajstić information content (AvgIpc) is 3.18. The van der Waals surface area contributed by atoms with Crippen LogP contribution in [0, 0.1) is 0 Å². The van der Waals surface area contributed by atoms with Gasteiger partial charge in [0.25, 0.3) is 0 Å². The van der Waals surface area contributed by atoms with Gasteiger partial charge in [-0.05, 0) is 60.7 Å². The number of ether oxygens (including phenoxy) is 3. The van der Waals surface area contributed by atoms with Gasteiger partial charge in [0.1, 0.15) is 23.9 Å². The highest BCUT2D eigenvalue weighted by molar-refractivity contribution is 9.10. The van der Waals surface area contributed by atoms with E-state index in [0.717, 1.165) is 4.47 Å². The van der Waals surface area contributed by atoms with E-state index in [2.05, 4.69) is 20.7 Å². The molecule has 1 heterocycles. The molecule has 8 heteroatoms. The Balaban J connectivity index is 1.62. The molecule has 3 rings (SSSR count). The number of furan rings is 1. The Morgan fingerprint density at radius 1 is 1.13 bits per heavy atom. The SMILES string of the molecule is COc1cc(C(=O)/C=C/c2ccc(COc3cccc(Br)c3)o2)ccc1OC(F)F. The van der Waals surface area contributed by atoms with Gasteiger partial charge >= 0.3 is 6.61 Å². The van der Waals surface area contributed by atoms with E-state index in [-0.39, 0.29) is 29.5 Å². The van der Waals surface area contributed by atoms with E-state index in [0.29, 0.717) is 17.3 Å². The molecule has 0 bridgehead atoms. The van der Waals surface area contributed by atoms with Crippen molar-refractivity contribution < 1.29 is 32.2 Å². The van der Waals surface area contributed by atoms with Gasteiger partial charge < -0.3 is 18.6 Å². The minimum Gasteiger partial charge on any atom is -0.493 e. The van der Waals surface area contributed by atoms with Gasteiger partial charge in [-0.25, -0.2) is 0 Å². The number of alkyl halides is 2. The molecular weight excluding hydrogens is 462 g/mol. The summed E-state index contributed by atoms with van der Waals surface area (Å²) in [5.41, 5.74) is 0.259. The topological polar surface area (TPSA) is 57.9 Å². The summed E-state index contributed by atoms with van der Waals surface area (Å²) < 4.78 is 46.3. The minimum absolute atomic E-state index is 0.0412. The summed E-state index contributed by atoms with van der Waals surface area (Å²) in [5.74, 6) is 1.31. The van der Waals surface area contributed by atoms with Crippen molar-refractivity contribution in [2.24, 2.45) is 0 Å². The summed E-state index contributed by atoms with van der Waals surface area (Å²) in [6.45, 7) is -2.75. The molecule has 156 valence electrons. The predicted molar refractivity (Wildman–Crippen MR) is 110 cm³/mol. The Bertz CT molecular complexity index is 1050. The van der Waals surface area contributed by atoms with Crippen molar-refractivity contribution in [3.8, 4) is 17.2 Å². The summed E-state index contributed by atoms with van der Waals surface area (Å²) in [7, 11) is 1.30. The van der Waals surface area contributed by atoms with Crippen molar-refractivity contribution in [1.82, 2.24) is 0 Å². The second-order valence-electron chi connectivity index (χ2n) is 5.99. The summed E-state index contributed by atoms with van der Waals surface area (Å²) in [5, 5.41) is 0. The lowest BCUT2D eigenvalue weighted by Gasteiger charge is -2.10. The maximum atomic E-state index is 12.4. The van der Waals surface area contributed by atoms with Crippen LogP contribution in [0.5, 0.6) is 17.2 Å². The molecule has 0 spiro atoms. The number of methoxy groups -OCH3 is 1. The lowest BCUT2D eigenvalue weighted by atomic mass is 10.1. The van der Waals surface area contributed by atoms with Crippen molar-refractivity contribution in [3.05, 3.63) is 82.2 Å². The fourth-order valence-corrected chi connectivity index (χ4v) is 2.92. The molecule has 0 saturated carbocycles. The molecule has 3 aromatic rings. The molecule has 1 aromatic heterocycles. The highest BCUT2D eigenvalue weighted by Crippen LogP contribution is 2.29. The monoisotopic (exact) mass is 478 g/mol. The number of halogens is 3. The van der Waals surface area contributed by atoms with Crippen molar-refractivity contribution >= 4 is 27.8 Å². The van der Waals surface area contributed by atoms with Crippen molar-refractivity contribution in [2.75, 3.05) is 7.11 Å². The van der Waals surface area contributed by atoms with Crippen LogP contribution in [0.2, 0.25) is 0 Å². The lowest BCUT2D eigenvalue weighted by Crippen LogP contribution is -2.04. The van der Waals surface area contributed by atoms with Crippen molar-refractivity contribution in [3.63, 3.8) is 0 Å². The molecule has 0 aliphatic rings. The standard InChI is InChI=1S/C22H17BrF2O5/c1-27-21-11-14(5-10-20(21)30-22(24)25)19(26)9-8-16-6-7-18(29-16)13-28-17-4-2-3-15(23)12-17/h2-12,22H,13H2,1H3/b9-8+. The first-order valence-electron chi connectivity index (χ1n) is 8.77. The van der Waals surface area contributed by atoms with Crippen LogP contribution in [0.1, 0.15) is 21.9 Å². The molecule has 30 heavy (non-hydrogen) atoms. The van der Waals surface area contributed by atoms with Crippen LogP contribution >= 0.6 is 15.9 Å². The second-order valence-corrected chi connectivity index (χ2v) is 6.91. The molecule has 0 amide bonds. The van der Waals surface area contributed by atoms with Gasteiger partial charge in [0.05, 0.1) is 7.11 Å². The fourth-order valence-electron chi connectivity index (χ4n) is 2.54. The van der Waals surface area contributed by atoms with Gasteiger partial charge in [-0.2, -0.15) is 8.78 Å². The number of benzene rings is 2. The first-order chi connectivity index (χ1) is 14.4. The molecule has 0 fully saturated rings. The first-order valence-corrected chi connectivity index (χ1v) is 9.56. The van der Waals surface area contributed by atoms with Crippen LogP contribution in [0.25, 0.3) is 6.08 Å². The molecule has 0 aliphatic heterocycles. The summed E-state index contributed by atoms with van der Waals surface area (Å²) >= 11 is 3.38. The summed E-state index contributed by atoms with van der Waals surface area (Å²) in [6.07, 6.45) is 2.83. The number of allylic oxidation sites excluding steroid dienone is 1. The Hall–Kier alpha value is -3.13. The molecule has 5 nitrogen and oxygen atoms in total. The van der Waals surface area contributed by atoms with Gasteiger partial charge in [0.2, 0.25) is 0 Å². The van der Waals surface area contributed by atoms with Gasteiger partial charge in [0.15, 0.2) is 17.3 Å². The molecule has 0 unspecified atom stereocenters. The third kappa shape index (κ3) is 5.93. The second kappa shape index (κ2) is 10.1. The van der Waals surface area contributed by atoms with Crippen LogP contribution in [-0.2, 0) is 6.61 Å². The molecule has 0 radical (unpaired) electrons. The van der Waals surface area contributed by atoms with Gasteiger partial charge in [-0.1, -0.05) is 22.0 Å². The van der Waals surface area contributed by atoms with E-state index in [4.69, 9.17) is 13.9 Å². The zero-order valence-corrected chi connectivity index (χ0v) is 17.4. The minimum atomic E-state index is -2.99. The Morgan fingerprint density at radius 3 is 2.70 bits per heavy atom. The van der Waals surface area contributed by atoms with E-state index in [1.807, 2.05) is 24.3 Å². The number of hydrogen-bond acceptors (Lipinski definition) is 5. The Morgan fingerprint density at radius 2 is 1.97 bits per heavy atom. The highest BCUT2D eigenvalue weighted by atomic mass is 79.9. The molecule has 0 atom stereocenters. The van der Waals surface area contributed by atoms with Crippen molar-refractivity contribution in [1.29, 1.82) is 0 Å². The van der Waals surface area contributed by atoms with Crippen LogP contribution in [0.15, 0.2) is 69.6 Å². The molecule has 0 saturated heterocycles. The number of carbonyl (C=O) groups is 1. The largest absolute Gasteiger partial charge is 0.493 e. The first kappa shape index (κ1) is 21.6. The number of rotatable bonds is 9. The van der Waals surface area contributed by atoms with E-state index >= 15 is 0 Å². The Kier molecular flexibility index (Phi) is 7.24. The highest BCUT2D eigenvalue weighted by Gasteiger charge is 2.13. The number of carbonyl (C=O) groups excluding carboxylic acids is 1. The summed E-state index contributed by atoms with van der Waals surface area (Å²) in [4.78, 5) is 12.4. The van der Waals surface area contributed by atoms with Crippen LogP contribution in [0.4, 0.5) is 8.78 Å². The third-order valence-electron chi connectivity index (χ3n) is 3.92. The quantitative estimate of drug-likeness (QED) is 0.273. The maximum Gasteiger partial charge on any atom is 0.387 e. The van der Waals surface area contributed by atoms with Crippen LogP contribution in [-0.4, -0.2) is 19.5 Å². The van der Waals surface area contributed by atoms with E-state index in [9.17, 15) is 13.6 Å². The maximum absolute atomic E-state index is 12.4. The van der Waals surface area contributed by atoms with Gasteiger partial charge in [-0.15, -0.1) is 0 Å². The van der Waals surface area contributed by atoms with Gasteiger partial charge in [0, 0.05) is 10.0 Å². The number of hydrogen-bond donors (Lipinski definition) is 0. The predicted octanol–water partition coefficient (Wildman–Crippen LogP) is 6.13. The molecular formula is C22H17BrF2O5. The Labute approximate surface area is 180 Å². The van der Waals surface area contributed by atoms with E-state index in [1.54, 1.807) is 12.1 Å². The van der Waals surface area contributed by atoms with E-state index < -0.39 is 6.61 Å². The van der Waals surface area contributed by atoms with Crippen LogP contribution in [0.3, 0.4) is 0 Å². The van der Waals surface area contributed by atoms with E-state index in [1.165, 1.54) is 37.5 Å². The van der Waals surface area contributed by atoms with Crippen LogP contribution < -0.4 is 14.2 Å². The zero-order chi connectivity index (χ0) is 21.5. The van der Waals surface area contributed by atoms with Gasteiger partial charge in [-0.3, -0.25) is 4.79 Å². The van der Waals surface area contributed by atoms with Crippen molar-refractivity contribution in [2.45, 2.75) is 13.2 Å². The lowest BCUT2D eigenvalue weighted by molar-refractivity contribution is -0.0512. The zero-order valence-electron chi connectivity index (χ0n) is 15.8. The number of ketones is 1. The molecule has 2 aromatic carbocycles. The average molecular weight is 479 g/mol. The normalized spacial score (nSPS) is 11.1. The molecule has 0 N–H and O–H groups in total. The fraction of sp³-hybridized carbons (Fsp3) is 0.136. The smallest absolute Gasteiger partial charge is 0.387 e.